The molecular formula is C24H28O5. The van der Waals surface area contributed by atoms with E-state index in [0.29, 0.717) is 19.8 Å². The van der Waals surface area contributed by atoms with E-state index < -0.39 is 0 Å². The van der Waals surface area contributed by atoms with Gasteiger partial charge in [-0.1, -0.05) is 30.3 Å². The molecule has 2 saturated heterocycles. The molecule has 0 atom stereocenters. The molecule has 2 bridgehead atoms. The summed E-state index contributed by atoms with van der Waals surface area (Å²) >= 11 is 0. The van der Waals surface area contributed by atoms with E-state index >= 15 is 0 Å². The van der Waals surface area contributed by atoms with Crippen LogP contribution in [0.1, 0.15) is 37.7 Å². The van der Waals surface area contributed by atoms with Crippen molar-refractivity contribution in [3.05, 3.63) is 60.2 Å². The largest absolute Gasteiger partial charge is 0.469 e. The van der Waals surface area contributed by atoms with Gasteiger partial charge in [0, 0.05) is 5.41 Å². The van der Waals surface area contributed by atoms with Crippen molar-refractivity contribution in [1.29, 1.82) is 0 Å². The van der Waals surface area contributed by atoms with Crippen molar-refractivity contribution in [2.45, 2.75) is 43.1 Å². The van der Waals surface area contributed by atoms with Crippen molar-refractivity contribution >= 4 is 5.97 Å². The van der Waals surface area contributed by atoms with Gasteiger partial charge in [0.25, 0.3) is 0 Å². The van der Waals surface area contributed by atoms with E-state index in [-0.39, 0.29) is 23.4 Å². The third-order valence-corrected chi connectivity index (χ3v) is 6.24. The number of methoxy groups -OCH3 is 1. The Morgan fingerprint density at radius 1 is 1.00 bits per heavy atom. The summed E-state index contributed by atoms with van der Waals surface area (Å²) < 4.78 is 22.8. The van der Waals surface area contributed by atoms with Crippen molar-refractivity contribution in [3.8, 4) is 11.5 Å². The predicted molar refractivity (Wildman–Crippen MR) is 109 cm³/mol. The number of carbonyl (C=O) groups excluding carboxylic acids is 1. The zero-order valence-corrected chi connectivity index (χ0v) is 16.9. The fraction of sp³-hybridized carbons (Fsp3) is 0.458. The van der Waals surface area contributed by atoms with Crippen LogP contribution in [0, 0.1) is 0 Å². The van der Waals surface area contributed by atoms with Crippen LogP contribution in [0.25, 0.3) is 0 Å². The Hall–Kier alpha value is -2.37. The van der Waals surface area contributed by atoms with Gasteiger partial charge in [-0.05, 0) is 55.5 Å². The van der Waals surface area contributed by atoms with Gasteiger partial charge in [-0.3, -0.25) is 4.79 Å². The average molecular weight is 396 g/mol. The van der Waals surface area contributed by atoms with Gasteiger partial charge in [-0.25, -0.2) is 0 Å². The molecule has 3 aliphatic rings. The summed E-state index contributed by atoms with van der Waals surface area (Å²) in [5.41, 5.74) is 1.12. The zero-order chi connectivity index (χ0) is 20.2. The lowest BCUT2D eigenvalue weighted by atomic mass is 9.63. The van der Waals surface area contributed by atoms with Crippen molar-refractivity contribution < 1.29 is 23.7 Å². The molecule has 0 N–H and O–H groups in total. The summed E-state index contributed by atoms with van der Waals surface area (Å²) in [4.78, 5) is 11.2. The highest BCUT2D eigenvalue weighted by atomic mass is 16.5. The van der Waals surface area contributed by atoms with E-state index in [1.807, 2.05) is 36.4 Å². The zero-order valence-electron chi connectivity index (χ0n) is 16.9. The van der Waals surface area contributed by atoms with Crippen molar-refractivity contribution in [2.24, 2.45) is 0 Å². The van der Waals surface area contributed by atoms with E-state index in [2.05, 4.69) is 22.9 Å². The van der Waals surface area contributed by atoms with E-state index in [0.717, 1.165) is 37.2 Å². The molecule has 1 aliphatic carbocycles. The molecule has 0 radical (unpaired) electrons. The van der Waals surface area contributed by atoms with Crippen LogP contribution in [0.5, 0.6) is 11.5 Å². The van der Waals surface area contributed by atoms with Crippen molar-refractivity contribution in [1.82, 2.24) is 0 Å². The average Bonchev–Trinajstić information content (AvgIpc) is 2.79. The van der Waals surface area contributed by atoms with Crippen LogP contribution >= 0.6 is 0 Å². The first kappa shape index (κ1) is 19.9. The molecular weight excluding hydrogens is 368 g/mol. The maximum absolute atomic E-state index is 11.2. The Labute approximate surface area is 171 Å². The first-order valence-corrected chi connectivity index (χ1v) is 10.3. The second-order valence-corrected chi connectivity index (χ2v) is 8.07. The number of fused-ring (bicyclic) bond motifs is 3. The number of ether oxygens (including phenoxy) is 4. The monoisotopic (exact) mass is 396 g/mol. The summed E-state index contributed by atoms with van der Waals surface area (Å²) in [6.45, 7) is 1.61. The first-order chi connectivity index (χ1) is 14.1. The Bertz CT molecular complexity index is 808. The maximum atomic E-state index is 11.2. The minimum absolute atomic E-state index is 0.0455. The summed E-state index contributed by atoms with van der Waals surface area (Å²) in [6.07, 6.45) is 4.36. The molecule has 5 rings (SSSR count). The van der Waals surface area contributed by atoms with Gasteiger partial charge in [-0.2, -0.15) is 0 Å². The summed E-state index contributed by atoms with van der Waals surface area (Å²) in [5, 5.41) is 0. The molecule has 2 aliphatic heterocycles. The van der Waals surface area contributed by atoms with Crippen LogP contribution in [0.15, 0.2) is 54.6 Å². The normalized spacial score (nSPS) is 25.6. The van der Waals surface area contributed by atoms with E-state index in [9.17, 15) is 4.79 Å². The van der Waals surface area contributed by atoms with E-state index in [4.69, 9.17) is 14.2 Å². The highest BCUT2D eigenvalue weighted by Crippen LogP contribution is 2.50. The molecule has 0 aromatic heterocycles. The van der Waals surface area contributed by atoms with Gasteiger partial charge >= 0.3 is 5.97 Å². The molecule has 1 saturated carbocycles. The number of para-hydroxylation sites is 1. The quantitative estimate of drug-likeness (QED) is 0.481. The third-order valence-electron chi connectivity index (χ3n) is 6.24. The van der Waals surface area contributed by atoms with E-state index in [1.54, 1.807) is 0 Å². The SMILES string of the molecule is COC(=O)CCOCC12CCC(c3cccc(Oc4ccccc4)c3)(CC1)CO2. The van der Waals surface area contributed by atoms with E-state index in [1.165, 1.54) is 12.7 Å². The number of hydrogen-bond acceptors (Lipinski definition) is 5. The molecule has 2 heterocycles. The van der Waals surface area contributed by atoms with Gasteiger partial charge in [0.2, 0.25) is 0 Å². The van der Waals surface area contributed by atoms with Gasteiger partial charge in [0.1, 0.15) is 11.5 Å². The number of rotatable bonds is 8. The Morgan fingerprint density at radius 3 is 2.45 bits per heavy atom. The fourth-order valence-electron chi connectivity index (χ4n) is 4.35. The highest BCUT2D eigenvalue weighted by Gasteiger charge is 2.50. The molecule has 5 nitrogen and oxygen atoms in total. The van der Waals surface area contributed by atoms with Gasteiger partial charge in [0.05, 0.1) is 39.0 Å². The van der Waals surface area contributed by atoms with Crippen molar-refractivity contribution in [2.75, 3.05) is 26.9 Å². The third kappa shape index (κ3) is 4.46. The molecule has 29 heavy (non-hydrogen) atoms. The van der Waals surface area contributed by atoms with Gasteiger partial charge < -0.3 is 18.9 Å². The van der Waals surface area contributed by atoms with Crippen LogP contribution in [-0.4, -0.2) is 38.5 Å². The topological polar surface area (TPSA) is 54.0 Å². The van der Waals surface area contributed by atoms with Crippen LogP contribution in [-0.2, 0) is 24.4 Å². The Balaban J connectivity index is 1.37. The maximum Gasteiger partial charge on any atom is 0.307 e. The number of esters is 1. The molecule has 5 heteroatoms. The standard InChI is InChI=1S/C24H28O5/c1-26-22(25)10-15-27-18-24-13-11-23(12-14-24,17-28-24)19-6-5-9-21(16-19)29-20-7-3-2-4-8-20/h2-9,16H,10-15,17-18H2,1H3. The molecule has 3 fully saturated rings. The minimum Gasteiger partial charge on any atom is -0.469 e. The van der Waals surface area contributed by atoms with Crippen LogP contribution in [0.2, 0.25) is 0 Å². The summed E-state index contributed by atoms with van der Waals surface area (Å²) in [5.74, 6) is 1.46. The molecule has 2 aromatic carbocycles. The Morgan fingerprint density at radius 2 is 1.76 bits per heavy atom. The lowest BCUT2D eigenvalue weighted by Gasteiger charge is -2.53. The second-order valence-electron chi connectivity index (χ2n) is 8.07. The number of carbonyl (C=O) groups is 1. The smallest absolute Gasteiger partial charge is 0.307 e. The molecule has 0 unspecified atom stereocenters. The second kappa shape index (κ2) is 8.56. The molecule has 0 spiro atoms. The van der Waals surface area contributed by atoms with Crippen LogP contribution < -0.4 is 4.74 Å². The van der Waals surface area contributed by atoms with Gasteiger partial charge in [0.15, 0.2) is 0 Å². The lowest BCUT2D eigenvalue weighted by Crippen LogP contribution is -2.55. The number of benzene rings is 2. The minimum atomic E-state index is -0.243. The lowest BCUT2D eigenvalue weighted by molar-refractivity contribution is -0.185. The van der Waals surface area contributed by atoms with Crippen molar-refractivity contribution in [3.63, 3.8) is 0 Å². The Kier molecular flexibility index (Phi) is 5.88. The van der Waals surface area contributed by atoms with Crippen LogP contribution in [0.3, 0.4) is 0 Å². The molecule has 0 amide bonds. The molecule has 2 aromatic rings. The number of hydrogen-bond donors (Lipinski definition) is 0. The molecule has 154 valence electrons. The highest BCUT2D eigenvalue weighted by molar-refractivity contribution is 5.69. The first-order valence-electron chi connectivity index (χ1n) is 10.3. The van der Waals surface area contributed by atoms with Gasteiger partial charge in [-0.15, -0.1) is 0 Å². The van der Waals surface area contributed by atoms with Crippen LogP contribution in [0.4, 0.5) is 0 Å². The summed E-state index contributed by atoms with van der Waals surface area (Å²) in [6, 6.07) is 18.3. The summed E-state index contributed by atoms with van der Waals surface area (Å²) in [7, 11) is 1.39. The predicted octanol–water partition coefficient (Wildman–Crippen LogP) is 4.64. The fourth-order valence-corrected chi connectivity index (χ4v) is 4.35.